The Labute approximate surface area is 373 Å². The Morgan fingerprint density at radius 3 is 1.33 bits per heavy atom. The summed E-state index contributed by atoms with van der Waals surface area (Å²) in [6.45, 7) is 3.44. The van der Waals surface area contributed by atoms with Gasteiger partial charge in [0, 0.05) is 12.8 Å². The smallest absolute Gasteiger partial charge is 0.306 e. The van der Waals surface area contributed by atoms with Crippen molar-refractivity contribution in [2.75, 3.05) is 19.8 Å². The van der Waals surface area contributed by atoms with E-state index in [1.807, 2.05) is 0 Å². The van der Waals surface area contributed by atoms with Gasteiger partial charge >= 0.3 is 11.9 Å². The molecule has 0 bridgehead atoms. The SMILES string of the molecule is CCCCCCCCCCCCCCCCCCCC/C=C/CCCC(=O)O[C@H](COC(=O)CCCCCCCCCCCCCCC)CO[C@@H]1O[C@H](CO)[C@H](O)C(O)C1O. The van der Waals surface area contributed by atoms with Gasteiger partial charge in [0.1, 0.15) is 31.0 Å². The van der Waals surface area contributed by atoms with Gasteiger partial charge in [0.25, 0.3) is 0 Å². The average molecular weight is 869 g/mol. The largest absolute Gasteiger partial charge is 0.462 e. The zero-order chi connectivity index (χ0) is 44.4. The van der Waals surface area contributed by atoms with Gasteiger partial charge in [-0.25, -0.2) is 0 Å². The number of aliphatic hydroxyl groups excluding tert-OH is 4. The number of rotatable bonds is 44. The fourth-order valence-corrected chi connectivity index (χ4v) is 8.08. The van der Waals surface area contributed by atoms with Crippen LogP contribution in [0.3, 0.4) is 0 Å². The van der Waals surface area contributed by atoms with Crippen LogP contribution in [0.4, 0.5) is 0 Å². The van der Waals surface area contributed by atoms with Gasteiger partial charge in [-0.3, -0.25) is 9.59 Å². The van der Waals surface area contributed by atoms with Crippen molar-refractivity contribution in [3.63, 3.8) is 0 Å². The van der Waals surface area contributed by atoms with Crippen LogP contribution in [-0.2, 0) is 28.5 Å². The van der Waals surface area contributed by atoms with E-state index in [1.54, 1.807) is 0 Å². The van der Waals surface area contributed by atoms with Gasteiger partial charge in [0.2, 0.25) is 0 Å². The molecule has 360 valence electrons. The highest BCUT2D eigenvalue weighted by atomic mass is 16.7. The van der Waals surface area contributed by atoms with Crippen LogP contribution in [0.25, 0.3) is 0 Å². The first-order chi connectivity index (χ1) is 29.8. The molecule has 0 aromatic heterocycles. The van der Waals surface area contributed by atoms with Gasteiger partial charge in [0.05, 0.1) is 13.2 Å². The Morgan fingerprint density at radius 2 is 0.885 bits per heavy atom. The van der Waals surface area contributed by atoms with E-state index < -0.39 is 49.4 Å². The maximum absolute atomic E-state index is 12.8. The van der Waals surface area contributed by atoms with E-state index in [4.69, 9.17) is 18.9 Å². The summed E-state index contributed by atoms with van der Waals surface area (Å²) in [5.74, 6) is -0.830. The third kappa shape index (κ3) is 33.6. The van der Waals surface area contributed by atoms with E-state index in [1.165, 1.54) is 180 Å². The molecule has 0 aromatic carbocycles. The molecular formula is C51H96O10. The first-order valence-corrected chi connectivity index (χ1v) is 25.8. The van der Waals surface area contributed by atoms with Crippen LogP contribution < -0.4 is 0 Å². The molecule has 1 saturated heterocycles. The second-order valence-electron chi connectivity index (χ2n) is 18.0. The summed E-state index contributed by atoms with van der Waals surface area (Å²) >= 11 is 0. The van der Waals surface area contributed by atoms with E-state index in [9.17, 15) is 30.0 Å². The second-order valence-corrected chi connectivity index (χ2v) is 18.0. The van der Waals surface area contributed by atoms with E-state index in [2.05, 4.69) is 26.0 Å². The summed E-state index contributed by atoms with van der Waals surface area (Å²) in [4.78, 5) is 25.4. The molecule has 0 aromatic rings. The molecule has 6 atom stereocenters. The molecule has 4 N–H and O–H groups in total. The van der Waals surface area contributed by atoms with Gasteiger partial charge in [-0.2, -0.15) is 0 Å². The number of unbranched alkanes of at least 4 members (excludes halogenated alkanes) is 31. The molecule has 10 nitrogen and oxygen atoms in total. The molecule has 0 saturated carbocycles. The maximum atomic E-state index is 12.8. The van der Waals surface area contributed by atoms with Crippen molar-refractivity contribution in [3.8, 4) is 0 Å². The fourth-order valence-electron chi connectivity index (χ4n) is 8.08. The number of ether oxygens (including phenoxy) is 4. The van der Waals surface area contributed by atoms with Crippen LogP contribution in [0.5, 0.6) is 0 Å². The summed E-state index contributed by atoms with van der Waals surface area (Å²) in [5.41, 5.74) is 0. The van der Waals surface area contributed by atoms with E-state index >= 15 is 0 Å². The molecule has 1 rings (SSSR count). The van der Waals surface area contributed by atoms with Gasteiger partial charge in [0.15, 0.2) is 12.4 Å². The maximum Gasteiger partial charge on any atom is 0.306 e. The predicted molar refractivity (Wildman–Crippen MR) is 247 cm³/mol. The number of esters is 2. The predicted octanol–water partition coefficient (Wildman–Crippen LogP) is 11.9. The number of carbonyl (C=O) groups excluding carboxylic acids is 2. The molecule has 1 aliphatic rings. The lowest BCUT2D eigenvalue weighted by atomic mass is 9.99. The topological polar surface area (TPSA) is 152 Å². The zero-order valence-corrected chi connectivity index (χ0v) is 39.4. The van der Waals surface area contributed by atoms with Crippen LogP contribution >= 0.6 is 0 Å². The van der Waals surface area contributed by atoms with Gasteiger partial charge in [-0.1, -0.05) is 212 Å². The number of allylic oxidation sites excluding steroid dienone is 2. The minimum atomic E-state index is -1.60. The number of hydrogen-bond donors (Lipinski definition) is 4. The summed E-state index contributed by atoms with van der Waals surface area (Å²) < 4.78 is 22.2. The Bertz CT molecular complexity index is 1010. The minimum absolute atomic E-state index is 0.187. The molecule has 0 radical (unpaired) electrons. The molecule has 1 heterocycles. The van der Waals surface area contributed by atoms with Crippen molar-refractivity contribution in [1.29, 1.82) is 0 Å². The molecule has 1 fully saturated rings. The summed E-state index contributed by atoms with van der Waals surface area (Å²) in [7, 11) is 0. The molecule has 2 unspecified atom stereocenters. The number of carbonyl (C=O) groups is 2. The van der Waals surface area contributed by atoms with E-state index in [0.717, 1.165) is 32.1 Å². The second kappa shape index (κ2) is 42.4. The highest BCUT2D eigenvalue weighted by Crippen LogP contribution is 2.23. The molecule has 10 heteroatoms. The third-order valence-corrected chi connectivity index (χ3v) is 12.2. The van der Waals surface area contributed by atoms with Crippen LogP contribution in [0, 0.1) is 0 Å². The van der Waals surface area contributed by atoms with Crippen LogP contribution in [0.2, 0.25) is 0 Å². The van der Waals surface area contributed by atoms with Crippen LogP contribution in [-0.4, -0.2) is 89.0 Å². The normalized spacial score (nSPS) is 19.7. The lowest BCUT2D eigenvalue weighted by Crippen LogP contribution is -2.59. The Balaban J connectivity index is 2.24. The molecule has 0 amide bonds. The standard InChI is InChI=1S/C51H96O10/c1-3-5-7-9-11-13-15-17-18-19-20-21-22-23-24-25-26-28-30-32-34-36-38-40-47(54)60-44(43-59-51-50(57)49(56)48(55)45(41-52)61-51)42-58-46(53)39-37-35-33-31-29-27-16-14-12-10-8-6-4-2/h32,34,44-45,48-52,55-57H,3-31,33,35-43H2,1-2H3/b34-32+/t44-,45-,48+,49?,50?,51-/m1/s1. The quantitative estimate of drug-likeness (QED) is 0.0264. The Hall–Kier alpha value is -1.56. The lowest BCUT2D eigenvalue weighted by Gasteiger charge is -2.39. The lowest BCUT2D eigenvalue weighted by molar-refractivity contribution is -0.305. The summed E-state index contributed by atoms with van der Waals surface area (Å²) in [6.07, 6.45) is 39.5. The minimum Gasteiger partial charge on any atom is -0.462 e. The van der Waals surface area contributed by atoms with Crippen LogP contribution in [0.1, 0.15) is 245 Å². The van der Waals surface area contributed by atoms with Crippen molar-refractivity contribution in [2.24, 2.45) is 0 Å². The van der Waals surface area contributed by atoms with Crippen molar-refractivity contribution < 1.29 is 49.0 Å². The van der Waals surface area contributed by atoms with E-state index in [0.29, 0.717) is 6.42 Å². The Morgan fingerprint density at radius 1 is 0.492 bits per heavy atom. The van der Waals surface area contributed by atoms with Crippen LogP contribution in [0.15, 0.2) is 12.2 Å². The zero-order valence-electron chi connectivity index (χ0n) is 39.4. The average Bonchev–Trinajstić information content (AvgIpc) is 3.26. The first kappa shape index (κ1) is 57.5. The van der Waals surface area contributed by atoms with Gasteiger partial charge in [-0.15, -0.1) is 0 Å². The summed E-state index contributed by atoms with van der Waals surface area (Å²) in [6, 6.07) is 0. The van der Waals surface area contributed by atoms with Crippen molar-refractivity contribution in [2.45, 2.75) is 282 Å². The molecule has 0 spiro atoms. The van der Waals surface area contributed by atoms with E-state index in [-0.39, 0.29) is 32.0 Å². The van der Waals surface area contributed by atoms with Crippen molar-refractivity contribution >= 4 is 11.9 Å². The van der Waals surface area contributed by atoms with Gasteiger partial charge < -0.3 is 39.4 Å². The first-order valence-electron chi connectivity index (χ1n) is 25.8. The highest BCUT2D eigenvalue weighted by molar-refractivity contribution is 5.70. The fraction of sp³-hybridized carbons (Fsp3) is 0.922. The highest BCUT2D eigenvalue weighted by Gasteiger charge is 2.44. The number of hydrogen-bond acceptors (Lipinski definition) is 10. The number of aliphatic hydroxyl groups is 4. The molecule has 61 heavy (non-hydrogen) atoms. The van der Waals surface area contributed by atoms with Crippen molar-refractivity contribution in [1.82, 2.24) is 0 Å². The van der Waals surface area contributed by atoms with Crippen molar-refractivity contribution in [3.05, 3.63) is 12.2 Å². The molecule has 1 aliphatic heterocycles. The third-order valence-electron chi connectivity index (χ3n) is 12.2. The molecular weight excluding hydrogens is 773 g/mol. The monoisotopic (exact) mass is 869 g/mol. The summed E-state index contributed by atoms with van der Waals surface area (Å²) in [5, 5.41) is 40.1. The Kier molecular flexibility index (Phi) is 39.9. The molecule has 0 aliphatic carbocycles. The van der Waals surface area contributed by atoms with Gasteiger partial charge in [-0.05, 0) is 32.1 Å².